The summed E-state index contributed by atoms with van der Waals surface area (Å²) in [6, 6.07) is 60.9. The maximum atomic E-state index is 7.45. The van der Waals surface area contributed by atoms with Crippen molar-refractivity contribution >= 4 is 49.8 Å². The summed E-state index contributed by atoms with van der Waals surface area (Å²) in [5.41, 5.74) is 18.1. The van der Waals surface area contributed by atoms with Crippen LogP contribution in [0.15, 0.2) is 162 Å². The first-order valence-electron chi connectivity index (χ1n) is 25.2. The summed E-state index contributed by atoms with van der Waals surface area (Å²) in [6.07, 6.45) is 0. The van der Waals surface area contributed by atoms with Crippen LogP contribution in [0.3, 0.4) is 0 Å². The average molecular weight is 906 g/mol. The second kappa shape index (κ2) is 15.8. The van der Waals surface area contributed by atoms with Crippen LogP contribution in [0.2, 0.25) is 0 Å². The zero-order valence-electron chi connectivity index (χ0n) is 43.9. The molecule has 0 saturated heterocycles. The molecule has 0 saturated carbocycles. The highest BCUT2D eigenvalue weighted by atomic mass is 16.3. The summed E-state index contributed by atoms with van der Waals surface area (Å²) in [7, 11) is 0. The predicted octanol–water partition coefficient (Wildman–Crippen LogP) is 19.1. The van der Waals surface area contributed by atoms with Crippen molar-refractivity contribution in [2.75, 3.05) is 4.90 Å². The number of furan rings is 1. The molecule has 0 radical (unpaired) electrons. The van der Waals surface area contributed by atoms with Crippen molar-refractivity contribution in [1.29, 1.82) is 0 Å². The third-order valence-electron chi connectivity index (χ3n) is 15.1. The van der Waals surface area contributed by atoms with Gasteiger partial charge in [0.1, 0.15) is 11.2 Å². The zero-order valence-corrected chi connectivity index (χ0v) is 43.9. The Morgan fingerprint density at radius 3 is 1.30 bits per heavy atom. The van der Waals surface area contributed by atoms with Crippen LogP contribution in [0.4, 0.5) is 17.1 Å². The van der Waals surface area contributed by atoms with Gasteiger partial charge in [-0.25, -0.2) is 0 Å². The number of fused-ring (bicyclic) bond motifs is 6. The number of benzene rings is 8. The summed E-state index contributed by atoms with van der Waals surface area (Å²) >= 11 is 0. The second-order valence-electron chi connectivity index (χ2n) is 25.1. The van der Waals surface area contributed by atoms with E-state index in [4.69, 9.17) is 4.42 Å². The van der Waals surface area contributed by atoms with Crippen LogP contribution in [0.1, 0.15) is 154 Å². The van der Waals surface area contributed by atoms with Gasteiger partial charge >= 0.3 is 0 Å². The lowest BCUT2D eigenvalue weighted by molar-refractivity contribution is 0.588. The highest BCUT2D eigenvalue weighted by molar-refractivity contribution is 6.21. The fraction of sp³-hybridized carbons (Fsp3) is 0.313. The molecular weight excluding hydrogens is 835 g/mol. The van der Waals surface area contributed by atoms with Crippen molar-refractivity contribution in [3.8, 4) is 11.1 Å². The van der Waals surface area contributed by atoms with Crippen molar-refractivity contribution in [3.63, 3.8) is 0 Å². The lowest BCUT2D eigenvalue weighted by atomic mass is 9.58. The maximum Gasteiger partial charge on any atom is 0.145 e. The minimum Gasteiger partial charge on any atom is -0.455 e. The second-order valence-corrected chi connectivity index (χ2v) is 25.1. The molecule has 9 aromatic rings. The standard InChI is InChI=1S/C67H71NO/c1-62(2,3)42-23-27-46(28-24-42)67(47-29-25-43(26-30-47)63(4,5)6)54-21-18-20-50-53(66(13,14)15)40-39-52(58(50)54)59-55(67)41-56(60-51-19-16-17-22-57(51)69-61(59)60)68(48-35-31-44(32-36-48)64(7,8)9)49-37-33-45(34-38-49)65(10,11)12/h16-41H,1-15H3. The lowest BCUT2D eigenvalue weighted by Crippen LogP contribution is -2.35. The molecule has 2 heteroatoms. The van der Waals surface area contributed by atoms with E-state index in [9.17, 15) is 0 Å². The minimum atomic E-state index is -0.759. The molecule has 350 valence electrons. The van der Waals surface area contributed by atoms with Crippen LogP contribution in [0.5, 0.6) is 0 Å². The Balaban J connectivity index is 1.43. The monoisotopic (exact) mass is 906 g/mol. The van der Waals surface area contributed by atoms with Gasteiger partial charge in [-0.1, -0.05) is 225 Å². The fourth-order valence-electron chi connectivity index (χ4n) is 11.2. The summed E-state index contributed by atoms with van der Waals surface area (Å²) < 4.78 is 7.45. The molecule has 1 aromatic heterocycles. The molecule has 1 aliphatic rings. The quantitative estimate of drug-likeness (QED) is 0.171. The molecule has 0 aliphatic heterocycles. The first-order valence-corrected chi connectivity index (χ1v) is 25.2. The maximum absolute atomic E-state index is 7.45. The van der Waals surface area contributed by atoms with E-state index in [0.717, 1.165) is 44.6 Å². The third kappa shape index (κ3) is 7.61. The van der Waals surface area contributed by atoms with Gasteiger partial charge in [0.25, 0.3) is 0 Å². The Morgan fingerprint density at radius 2 is 0.841 bits per heavy atom. The van der Waals surface area contributed by atoms with Crippen LogP contribution in [0, 0.1) is 0 Å². The van der Waals surface area contributed by atoms with E-state index < -0.39 is 5.41 Å². The van der Waals surface area contributed by atoms with E-state index in [1.807, 2.05) is 0 Å². The van der Waals surface area contributed by atoms with E-state index in [2.05, 4.69) is 266 Å². The van der Waals surface area contributed by atoms with Crippen LogP contribution in [-0.4, -0.2) is 0 Å². The predicted molar refractivity (Wildman–Crippen MR) is 297 cm³/mol. The number of para-hydroxylation sites is 1. The highest BCUT2D eigenvalue weighted by Gasteiger charge is 2.47. The SMILES string of the molecule is CC(C)(C)c1ccc(N(c2ccc(C(C)(C)C)cc2)c2cc3c(c4oc5ccccc5c24)-c2ccc(C(C)(C)C)c4cccc(c24)C3(c2ccc(C(C)(C)C)cc2)c2ccc(C(C)(C)C)cc2)cc1. The summed E-state index contributed by atoms with van der Waals surface area (Å²) in [6.45, 7) is 34.6. The fourth-order valence-corrected chi connectivity index (χ4v) is 11.2. The zero-order chi connectivity index (χ0) is 49.2. The molecule has 0 fully saturated rings. The van der Waals surface area contributed by atoms with Crippen LogP contribution in [-0.2, 0) is 32.5 Å². The van der Waals surface area contributed by atoms with Gasteiger partial charge in [0, 0.05) is 22.3 Å². The first-order chi connectivity index (χ1) is 32.4. The normalized spacial score (nSPS) is 14.1. The molecule has 8 aromatic carbocycles. The van der Waals surface area contributed by atoms with E-state index >= 15 is 0 Å². The molecule has 10 rings (SSSR count). The third-order valence-corrected chi connectivity index (χ3v) is 15.1. The topological polar surface area (TPSA) is 16.4 Å². The number of rotatable bonds is 5. The molecule has 2 nitrogen and oxygen atoms in total. The Morgan fingerprint density at radius 1 is 0.391 bits per heavy atom. The van der Waals surface area contributed by atoms with E-state index in [1.165, 1.54) is 66.4 Å². The van der Waals surface area contributed by atoms with Crippen molar-refractivity contribution in [2.45, 2.75) is 136 Å². The van der Waals surface area contributed by atoms with Crippen LogP contribution in [0.25, 0.3) is 43.8 Å². The number of hydrogen-bond acceptors (Lipinski definition) is 2. The van der Waals surface area contributed by atoms with Crippen molar-refractivity contribution < 1.29 is 4.42 Å². The molecule has 0 bridgehead atoms. The Hall–Kier alpha value is -6.38. The van der Waals surface area contributed by atoms with Gasteiger partial charge in [-0.05, 0) is 130 Å². The first kappa shape index (κ1) is 46.4. The average Bonchev–Trinajstić information content (AvgIpc) is 3.68. The van der Waals surface area contributed by atoms with Gasteiger partial charge in [0.2, 0.25) is 0 Å². The van der Waals surface area contributed by atoms with Gasteiger partial charge in [0.15, 0.2) is 0 Å². The summed E-state index contributed by atoms with van der Waals surface area (Å²) in [5, 5.41) is 4.79. The molecule has 1 heterocycles. The Labute approximate surface area is 412 Å². The minimum absolute atomic E-state index is 0.00348. The molecule has 0 atom stereocenters. The largest absolute Gasteiger partial charge is 0.455 e. The van der Waals surface area contributed by atoms with Crippen LogP contribution < -0.4 is 4.90 Å². The highest BCUT2D eigenvalue weighted by Crippen LogP contribution is 2.60. The summed E-state index contributed by atoms with van der Waals surface area (Å²) in [4.78, 5) is 2.50. The number of nitrogens with zero attached hydrogens (tertiary/aromatic N) is 1. The van der Waals surface area contributed by atoms with Gasteiger partial charge < -0.3 is 9.32 Å². The van der Waals surface area contributed by atoms with Crippen LogP contribution >= 0.6 is 0 Å². The molecular formula is C67H71NO. The smallest absolute Gasteiger partial charge is 0.145 e. The molecule has 69 heavy (non-hydrogen) atoms. The van der Waals surface area contributed by atoms with Gasteiger partial charge in [-0.15, -0.1) is 0 Å². The molecule has 1 aliphatic carbocycles. The van der Waals surface area contributed by atoms with E-state index in [0.29, 0.717) is 0 Å². The van der Waals surface area contributed by atoms with Crippen molar-refractivity contribution in [3.05, 3.63) is 208 Å². The van der Waals surface area contributed by atoms with Crippen molar-refractivity contribution in [1.82, 2.24) is 0 Å². The molecule has 0 N–H and O–H groups in total. The van der Waals surface area contributed by atoms with E-state index in [-0.39, 0.29) is 27.1 Å². The molecule has 0 unspecified atom stereocenters. The van der Waals surface area contributed by atoms with Gasteiger partial charge in [-0.2, -0.15) is 0 Å². The van der Waals surface area contributed by atoms with Gasteiger partial charge in [0.05, 0.1) is 16.5 Å². The van der Waals surface area contributed by atoms with E-state index in [1.54, 1.807) is 0 Å². The molecule has 0 amide bonds. The number of anilines is 3. The molecule has 0 spiro atoms. The summed E-state index contributed by atoms with van der Waals surface area (Å²) in [5.74, 6) is 0. The Kier molecular flexibility index (Phi) is 10.6. The van der Waals surface area contributed by atoms with Gasteiger partial charge in [-0.3, -0.25) is 0 Å². The lowest BCUT2D eigenvalue weighted by Gasteiger charge is -2.43. The van der Waals surface area contributed by atoms with Crippen molar-refractivity contribution in [2.24, 2.45) is 0 Å². The Bertz CT molecular complexity index is 3280. The number of hydrogen-bond donors (Lipinski definition) is 0.